The van der Waals surface area contributed by atoms with Gasteiger partial charge in [-0.2, -0.15) is 0 Å². The van der Waals surface area contributed by atoms with Crippen LogP contribution in [0.1, 0.15) is 46.1 Å². The standard InChI is InChI=1S/C17H29N3.C2H6/c1-4-19(5-2)13-15-8-10-20(11-9-15)17-7-6-16(18)12-14(17)3;1-2/h6-7,12,15H,4-5,8-11,13,18H2,1-3H3;1-2H3. The molecule has 1 aliphatic rings. The molecule has 2 rings (SSSR count). The van der Waals surface area contributed by atoms with E-state index < -0.39 is 0 Å². The lowest BCUT2D eigenvalue weighted by Gasteiger charge is -2.36. The van der Waals surface area contributed by atoms with Crippen LogP contribution in [-0.2, 0) is 0 Å². The Labute approximate surface area is 137 Å². The molecule has 0 aromatic heterocycles. The van der Waals surface area contributed by atoms with Crippen molar-refractivity contribution in [2.45, 2.75) is 47.5 Å². The van der Waals surface area contributed by atoms with Gasteiger partial charge in [-0.3, -0.25) is 0 Å². The Morgan fingerprint density at radius 1 is 1.14 bits per heavy atom. The third-order valence-electron chi connectivity index (χ3n) is 4.59. The number of nitrogen functional groups attached to an aromatic ring is 1. The Balaban J connectivity index is 0.00000116. The molecule has 1 aromatic carbocycles. The van der Waals surface area contributed by atoms with Gasteiger partial charge in [0, 0.05) is 31.0 Å². The van der Waals surface area contributed by atoms with E-state index in [0.717, 1.165) is 11.6 Å². The molecule has 2 N–H and O–H groups in total. The van der Waals surface area contributed by atoms with E-state index in [2.05, 4.69) is 42.7 Å². The second kappa shape index (κ2) is 9.73. The van der Waals surface area contributed by atoms with E-state index in [1.807, 2.05) is 19.9 Å². The van der Waals surface area contributed by atoms with Crippen molar-refractivity contribution in [2.24, 2.45) is 5.92 Å². The van der Waals surface area contributed by atoms with Crippen molar-refractivity contribution < 1.29 is 0 Å². The third kappa shape index (κ3) is 5.20. The van der Waals surface area contributed by atoms with Gasteiger partial charge in [-0.1, -0.05) is 27.7 Å². The molecule has 0 unspecified atom stereocenters. The van der Waals surface area contributed by atoms with Gasteiger partial charge in [0.25, 0.3) is 0 Å². The first-order chi connectivity index (χ1) is 10.6. The zero-order valence-corrected chi connectivity index (χ0v) is 15.2. The smallest absolute Gasteiger partial charge is 0.0397 e. The summed E-state index contributed by atoms with van der Waals surface area (Å²) in [7, 11) is 0. The molecular formula is C19H35N3. The molecular weight excluding hydrogens is 270 g/mol. The summed E-state index contributed by atoms with van der Waals surface area (Å²) in [4.78, 5) is 5.07. The van der Waals surface area contributed by atoms with Crippen LogP contribution in [0.15, 0.2) is 18.2 Å². The van der Waals surface area contributed by atoms with Crippen LogP contribution in [0.4, 0.5) is 11.4 Å². The van der Waals surface area contributed by atoms with Crippen molar-refractivity contribution in [1.82, 2.24) is 4.90 Å². The molecule has 0 radical (unpaired) electrons. The lowest BCUT2D eigenvalue weighted by molar-refractivity contribution is 0.229. The molecule has 0 amide bonds. The maximum absolute atomic E-state index is 5.84. The third-order valence-corrected chi connectivity index (χ3v) is 4.59. The average molecular weight is 306 g/mol. The monoisotopic (exact) mass is 305 g/mol. The van der Waals surface area contributed by atoms with Crippen LogP contribution in [0.25, 0.3) is 0 Å². The minimum Gasteiger partial charge on any atom is -0.399 e. The highest BCUT2D eigenvalue weighted by Crippen LogP contribution is 2.27. The van der Waals surface area contributed by atoms with Crippen LogP contribution in [0.5, 0.6) is 0 Å². The van der Waals surface area contributed by atoms with Crippen LogP contribution in [0.2, 0.25) is 0 Å². The number of nitrogens with two attached hydrogens (primary N) is 1. The number of benzene rings is 1. The first kappa shape index (κ1) is 18.8. The van der Waals surface area contributed by atoms with Gasteiger partial charge in [0.2, 0.25) is 0 Å². The number of anilines is 2. The minimum absolute atomic E-state index is 0.861. The summed E-state index contributed by atoms with van der Waals surface area (Å²) in [5.74, 6) is 0.861. The van der Waals surface area contributed by atoms with Crippen LogP contribution in [0, 0.1) is 12.8 Å². The van der Waals surface area contributed by atoms with E-state index in [-0.39, 0.29) is 0 Å². The van der Waals surface area contributed by atoms with Gasteiger partial charge in [0.15, 0.2) is 0 Å². The fourth-order valence-corrected chi connectivity index (χ4v) is 3.24. The maximum Gasteiger partial charge on any atom is 0.0397 e. The Hall–Kier alpha value is -1.22. The van der Waals surface area contributed by atoms with E-state index in [0.29, 0.717) is 0 Å². The molecule has 3 nitrogen and oxygen atoms in total. The molecule has 22 heavy (non-hydrogen) atoms. The van der Waals surface area contributed by atoms with Gasteiger partial charge < -0.3 is 15.5 Å². The summed E-state index contributed by atoms with van der Waals surface area (Å²) < 4.78 is 0. The quantitative estimate of drug-likeness (QED) is 0.829. The van der Waals surface area contributed by atoms with Crippen molar-refractivity contribution >= 4 is 11.4 Å². The normalized spacial score (nSPS) is 15.6. The summed E-state index contributed by atoms with van der Waals surface area (Å²) in [6.45, 7) is 16.6. The van der Waals surface area contributed by atoms with Crippen molar-refractivity contribution in [3.63, 3.8) is 0 Å². The molecule has 1 fully saturated rings. The number of rotatable bonds is 5. The molecule has 126 valence electrons. The lowest BCUT2D eigenvalue weighted by atomic mass is 9.95. The maximum atomic E-state index is 5.84. The number of piperidine rings is 1. The van der Waals surface area contributed by atoms with Gasteiger partial charge in [0.05, 0.1) is 0 Å². The molecule has 1 saturated heterocycles. The van der Waals surface area contributed by atoms with E-state index in [1.165, 1.54) is 56.8 Å². The van der Waals surface area contributed by atoms with Crippen LogP contribution < -0.4 is 10.6 Å². The first-order valence-corrected chi connectivity index (χ1v) is 8.97. The zero-order valence-electron chi connectivity index (χ0n) is 15.2. The summed E-state index contributed by atoms with van der Waals surface area (Å²) in [5.41, 5.74) is 9.36. The van der Waals surface area contributed by atoms with Crippen molar-refractivity contribution in [3.8, 4) is 0 Å². The highest BCUT2D eigenvalue weighted by molar-refractivity contribution is 5.59. The average Bonchev–Trinajstić information content (AvgIpc) is 2.55. The molecule has 0 saturated carbocycles. The predicted molar refractivity (Wildman–Crippen MR) is 99.7 cm³/mol. The summed E-state index contributed by atoms with van der Waals surface area (Å²) >= 11 is 0. The van der Waals surface area contributed by atoms with E-state index in [9.17, 15) is 0 Å². The summed E-state index contributed by atoms with van der Waals surface area (Å²) in [5, 5.41) is 0. The van der Waals surface area contributed by atoms with E-state index >= 15 is 0 Å². The van der Waals surface area contributed by atoms with E-state index in [1.54, 1.807) is 0 Å². The minimum atomic E-state index is 0.861. The fourth-order valence-electron chi connectivity index (χ4n) is 3.24. The van der Waals surface area contributed by atoms with E-state index in [4.69, 9.17) is 5.73 Å². The summed E-state index contributed by atoms with van der Waals surface area (Å²) in [6, 6.07) is 6.27. The zero-order chi connectivity index (χ0) is 16.5. The topological polar surface area (TPSA) is 32.5 Å². The number of hydrogen-bond acceptors (Lipinski definition) is 3. The van der Waals surface area contributed by atoms with Gasteiger partial charge in [-0.05, 0) is 62.5 Å². The first-order valence-electron chi connectivity index (χ1n) is 8.97. The Bertz CT molecular complexity index is 419. The molecule has 0 bridgehead atoms. The van der Waals surface area contributed by atoms with Crippen molar-refractivity contribution in [2.75, 3.05) is 43.4 Å². The van der Waals surface area contributed by atoms with Gasteiger partial charge >= 0.3 is 0 Å². The largest absolute Gasteiger partial charge is 0.399 e. The Morgan fingerprint density at radius 2 is 1.73 bits per heavy atom. The fraction of sp³-hybridized carbons (Fsp3) is 0.684. The molecule has 1 aromatic rings. The van der Waals surface area contributed by atoms with Gasteiger partial charge in [0.1, 0.15) is 0 Å². The van der Waals surface area contributed by atoms with Gasteiger partial charge in [-0.25, -0.2) is 0 Å². The second-order valence-corrected chi connectivity index (χ2v) is 5.96. The lowest BCUT2D eigenvalue weighted by Crippen LogP contribution is -2.39. The number of hydrogen-bond donors (Lipinski definition) is 1. The summed E-state index contributed by atoms with van der Waals surface area (Å²) in [6.07, 6.45) is 2.61. The highest BCUT2D eigenvalue weighted by Gasteiger charge is 2.21. The van der Waals surface area contributed by atoms with Crippen molar-refractivity contribution in [3.05, 3.63) is 23.8 Å². The van der Waals surface area contributed by atoms with Crippen LogP contribution in [-0.4, -0.2) is 37.6 Å². The molecule has 1 heterocycles. The Kier molecular flexibility index (Phi) is 8.32. The highest BCUT2D eigenvalue weighted by atomic mass is 15.1. The Morgan fingerprint density at radius 3 is 2.23 bits per heavy atom. The molecule has 0 aliphatic carbocycles. The number of nitrogens with zero attached hydrogens (tertiary/aromatic N) is 2. The second-order valence-electron chi connectivity index (χ2n) is 5.96. The molecule has 0 spiro atoms. The van der Waals surface area contributed by atoms with Crippen LogP contribution in [0.3, 0.4) is 0 Å². The molecule has 3 heteroatoms. The predicted octanol–water partition coefficient (Wildman–Crippen LogP) is 4.16. The van der Waals surface area contributed by atoms with Crippen LogP contribution >= 0.6 is 0 Å². The molecule has 0 atom stereocenters. The van der Waals surface area contributed by atoms with Crippen molar-refractivity contribution in [1.29, 1.82) is 0 Å². The van der Waals surface area contributed by atoms with Gasteiger partial charge in [-0.15, -0.1) is 0 Å². The molecule has 1 aliphatic heterocycles. The SMILES string of the molecule is CC.CCN(CC)CC1CCN(c2ccc(N)cc2C)CC1. The number of aryl methyl sites for hydroxylation is 1.